The molecule has 0 unspecified atom stereocenters. The first kappa shape index (κ1) is 13.4. The Bertz CT molecular complexity index is 699. The number of aryl methyl sites for hydroxylation is 1. The maximum absolute atomic E-state index is 12.9. The molecular weight excluding hydrogens is 277 g/mol. The first-order valence-electron chi connectivity index (χ1n) is 6.54. The van der Waals surface area contributed by atoms with Gasteiger partial charge in [-0.25, -0.2) is 0 Å². The summed E-state index contributed by atoms with van der Waals surface area (Å²) < 4.78 is 38.7. The summed E-state index contributed by atoms with van der Waals surface area (Å²) in [4.78, 5) is 0. The standard InChI is InChI=1S/C16H15F3Si/c1-10-4-7-14-13(8-10)12-6-5-11(16(17,18)19)9-15(12)20(14,2)3/h4-9H,1-3H3. The minimum absolute atomic E-state index is 0.540. The third-order valence-electron chi connectivity index (χ3n) is 4.16. The summed E-state index contributed by atoms with van der Waals surface area (Å²) in [6, 6.07) is 10.4. The Morgan fingerprint density at radius 1 is 0.850 bits per heavy atom. The number of halogens is 3. The van der Waals surface area contributed by atoms with E-state index in [1.54, 1.807) is 6.07 Å². The van der Waals surface area contributed by atoms with Gasteiger partial charge in [-0.2, -0.15) is 13.2 Å². The summed E-state index contributed by atoms with van der Waals surface area (Å²) in [5.41, 5.74) is 2.70. The molecule has 20 heavy (non-hydrogen) atoms. The minimum Gasteiger partial charge on any atom is -0.166 e. The van der Waals surface area contributed by atoms with Gasteiger partial charge in [0.15, 0.2) is 0 Å². The number of alkyl halides is 3. The Morgan fingerprint density at radius 3 is 2.20 bits per heavy atom. The Kier molecular flexibility index (Phi) is 2.67. The van der Waals surface area contributed by atoms with Crippen molar-refractivity contribution in [1.82, 2.24) is 0 Å². The van der Waals surface area contributed by atoms with Crippen LogP contribution in [0.1, 0.15) is 11.1 Å². The lowest BCUT2D eigenvalue weighted by atomic mass is 10.0. The molecule has 0 bridgehead atoms. The normalized spacial score (nSPS) is 15.9. The molecule has 0 aromatic heterocycles. The van der Waals surface area contributed by atoms with Crippen LogP contribution >= 0.6 is 0 Å². The van der Waals surface area contributed by atoms with Crippen LogP contribution in [0.15, 0.2) is 36.4 Å². The van der Waals surface area contributed by atoms with Crippen molar-refractivity contribution in [2.45, 2.75) is 26.2 Å². The van der Waals surface area contributed by atoms with Gasteiger partial charge in [0.2, 0.25) is 0 Å². The van der Waals surface area contributed by atoms with Crippen molar-refractivity contribution in [2.24, 2.45) is 0 Å². The fourth-order valence-electron chi connectivity index (χ4n) is 3.04. The molecule has 3 rings (SSSR count). The molecule has 0 spiro atoms. The lowest BCUT2D eigenvalue weighted by Crippen LogP contribution is -2.49. The number of fused-ring (bicyclic) bond motifs is 3. The SMILES string of the molecule is Cc1ccc2c(c1)-c1ccc(C(F)(F)F)cc1[Si]2(C)C. The summed E-state index contributed by atoms with van der Waals surface area (Å²) in [5.74, 6) is 0. The molecule has 1 aliphatic rings. The third kappa shape index (κ3) is 1.82. The van der Waals surface area contributed by atoms with E-state index in [1.165, 1.54) is 17.3 Å². The Hall–Kier alpha value is -1.55. The summed E-state index contributed by atoms with van der Waals surface area (Å²) in [6.07, 6.45) is -4.27. The van der Waals surface area contributed by atoms with E-state index in [4.69, 9.17) is 0 Å². The molecule has 0 atom stereocenters. The van der Waals surface area contributed by atoms with Crippen LogP contribution in [0.2, 0.25) is 13.1 Å². The quantitative estimate of drug-likeness (QED) is 0.648. The molecule has 0 saturated carbocycles. The smallest absolute Gasteiger partial charge is 0.166 e. The highest BCUT2D eigenvalue weighted by Crippen LogP contribution is 2.34. The second-order valence-corrected chi connectivity index (χ2v) is 10.3. The van der Waals surface area contributed by atoms with Crippen LogP contribution < -0.4 is 10.4 Å². The van der Waals surface area contributed by atoms with Crippen LogP contribution in [0.5, 0.6) is 0 Å². The topological polar surface area (TPSA) is 0 Å². The maximum atomic E-state index is 12.9. The lowest BCUT2D eigenvalue weighted by molar-refractivity contribution is -0.137. The summed E-state index contributed by atoms with van der Waals surface area (Å²) in [5, 5.41) is 2.13. The number of rotatable bonds is 0. The summed E-state index contributed by atoms with van der Waals surface area (Å²) in [6.45, 7) is 6.25. The molecule has 0 saturated heterocycles. The molecule has 0 amide bonds. The van der Waals surface area contributed by atoms with E-state index < -0.39 is 19.8 Å². The molecule has 1 heterocycles. The Labute approximate surface area is 117 Å². The van der Waals surface area contributed by atoms with Crippen molar-refractivity contribution in [3.63, 3.8) is 0 Å². The molecule has 0 N–H and O–H groups in total. The van der Waals surface area contributed by atoms with E-state index in [1.807, 2.05) is 13.0 Å². The molecule has 104 valence electrons. The molecule has 0 fully saturated rings. The van der Waals surface area contributed by atoms with Crippen molar-refractivity contribution in [3.05, 3.63) is 47.5 Å². The largest absolute Gasteiger partial charge is 0.416 e. The van der Waals surface area contributed by atoms with Gasteiger partial charge in [0.1, 0.15) is 8.07 Å². The molecule has 4 heteroatoms. The van der Waals surface area contributed by atoms with Crippen molar-refractivity contribution >= 4 is 18.4 Å². The zero-order valence-corrected chi connectivity index (χ0v) is 12.6. The number of hydrogen-bond donors (Lipinski definition) is 0. The molecule has 2 aromatic carbocycles. The second kappa shape index (κ2) is 3.98. The van der Waals surface area contributed by atoms with Gasteiger partial charge in [-0.1, -0.05) is 42.9 Å². The monoisotopic (exact) mass is 292 g/mol. The highest BCUT2D eigenvalue weighted by Gasteiger charge is 2.40. The zero-order valence-electron chi connectivity index (χ0n) is 11.6. The van der Waals surface area contributed by atoms with E-state index >= 15 is 0 Å². The van der Waals surface area contributed by atoms with Crippen LogP contribution in [0.25, 0.3) is 11.1 Å². The summed E-state index contributed by atoms with van der Waals surface area (Å²) in [7, 11) is -2.01. The van der Waals surface area contributed by atoms with Gasteiger partial charge in [0.25, 0.3) is 0 Å². The van der Waals surface area contributed by atoms with Gasteiger partial charge in [-0.3, -0.25) is 0 Å². The molecular formula is C16H15F3Si. The van der Waals surface area contributed by atoms with E-state index in [-0.39, 0.29) is 0 Å². The van der Waals surface area contributed by atoms with Gasteiger partial charge < -0.3 is 0 Å². The van der Waals surface area contributed by atoms with Crippen LogP contribution in [0, 0.1) is 6.92 Å². The van der Waals surface area contributed by atoms with Crippen molar-refractivity contribution < 1.29 is 13.2 Å². The average molecular weight is 292 g/mol. The molecule has 2 aromatic rings. The molecule has 0 aliphatic carbocycles. The van der Waals surface area contributed by atoms with Crippen LogP contribution in [-0.4, -0.2) is 8.07 Å². The van der Waals surface area contributed by atoms with Gasteiger partial charge >= 0.3 is 6.18 Å². The molecule has 1 aliphatic heterocycles. The third-order valence-corrected chi connectivity index (χ3v) is 7.70. The summed E-state index contributed by atoms with van der Waals surface area (Å²) >= 11 is 0. The highest BCUT2D eigenvalue weighted by atomic mass is 28.3. The first-order valence-corrected chi connectivity index (χ1v) is 9.54. The Morgan fingerprint density at radius 2 is 1.55 bits per heavy atom. The van der Waals surface area contributed by atoms with Crippen LogP contribution in [0.4, 0.5) is 13.2 Å². The first-order chi connectivity index (χ1) is 9.21. The van der Waals surface area contributed by atoms with Gasteiger partial charge in [-0.15, -0.1) is 0 Å². The lowest BCUT2D eigenvalue weighted by Gasteiger charge is -2.19. The van der Waals surface area contributed by atoms with E-state index in [2.05, 4.69) is 25.2 Å². The second-order valence-electron chi connectivity index (χ2n) is 5.93. The van der Waals surface area contributed by atoms with Crippen LogP contribution in [0.3, 0.4) is 0 Å². The van der Waals surface area contributed by atoms with Crippen LogP contribution in [-0.2, 0) is 6.18 Å². The van der Waals surface area contributed by atoms with Gasteiger partial charge in [0.05, 0.1) is 5.56 Å². The number of benzene rings is 2. The van der Waals surface area contributed by atoms with E-state index in [0.29, 0.717) is 0 Å². The zero-order chi connectivity index (χ0) is 14.7. The van der Waals surface area contributed by atoms with E-state index in [9.17, 15) is 13.2 Å². The highest BCUT2D eigenvalue weighted by molar-refractivity contribution is 7.03. The van der Waals surface area contributed by atoms with Crippen molar-refractivity contribution in [3.8, 4) is 11.1 Å². The molecule has 0 nitrogen and oxygen atoms in total. The fraction of sp³-hybridized carbons (Fsp3) is 0.250. The van der Waals surface area contributed by atoms with Crippen molar-refractivity contribution in [1.29, 1.82) is 0 Å². The fourth-order valence-corrected chi connectivity index (χ4v) is 6.12. The predicted octanol–water partition coefficient (Wildman–Crippen LogP) is 3.82. The molecule has 0 radical (unpaired) electrons. The maximum Gasteiger partial charge on any atom is 0.416 e. The predicted molar refractivity (Wildman–Crippen MR) is 78.4 cm³/mol. The van der Waals surface area contributed by atoms with Crippen molar-refractivity contribution in [2.75, 3.05) is 0 Å². The van der Waals surface area contributed by atoms with E-state index in [0.717, 1.165) is 21.9 Å². The average Bonchev–Trinajstić information content (AvgIpc) is 2.57. The van der Waals surface area contributed by atoms with Gasteiger partial charge in [-0.05, 0) is 40.6 Å². The van der Waals surface area contributed by atoms with Gasteiger partial charge in [0, 0.05) is 0 Å². The Balaban J connectivity index is 2.28. The minimum atomic E-state index is -4.27. The number of hydrogen-bond acceptors (Lipinski definition) is 0.